The number of hydrogen-bond donors (Lipinski definition) is 1. The van der Waals surface area contributed by atoms with Crippen molar-refractivity contribution in [3.8, 4) is 0 Å². The van der Waals surface area contributed by atoms with Gasteiger partial charge in [0.1, 0.15) is 0 Å². The lowest BCUT2D eigenvalue weighted by atomic mass is 10.1. The van der Waals surface area contributed by atoms with Gasteiger partial charge in [0.15, 0.2) is 0 Å². The van der Waals surface area contributed by atoms with E-state index in [1.165, 1.54) is 9.87 Å². The van der Waals surface area contributed by atoms with Gasteiger partial charge in [-0.3, -0.25) is 9.10 Å². The number of carbonyl (C=O) groups excluding carboxylic acids is 1. The van der Waals surface area contributed by atoms with Crippen LogP contribution < -0.4 is 9.62 Å². The molecule has 138 valence electrons. The smallest absolute Gasteiger partial charge is 0.251 e. The van der Waals surface area contributed by atoms with E-state index in [4.69, 9.17) is 0 Å². The maximum atomic E-state index is 12.4. The molecule has 0 bridgehead atoms. The Labute approximate surface area is 155 Å². The highest BCUT2D eigenvalue weighted by Crippen LogP contribution is 2.24. The molecule has 2 aromatic rings. The molecule has 1 atom stereocenters. The van der Waals surface area contributed by atoms with Crippen molar-refractivity contribution in [2.75, 3.05) is 16.6 Å². The predicted molar refractivity (Wildman–Crippen MR) is 104 cm³/mol. The third kappa shape index (κ3) is 4.43. The number of amides is 1. The standard InChI is InChI=1S/C20H24N2O3S/c1-16(8-9-17-6-3-2-4-7-17)21-20(23)18-10-12-19(13-11-18)22-14-5-15-26(22,24)25/h2-4,6-7,10-13,16H,5,8-9,14-15H2,1H3,(H,21,23). The number of sulfonamides is 1. The second-order valence-corrected chi connectivity index (χ2v) is 8.70. The number of benzene rings is 2. The minimum absolute atomic E-state index is 0.0568. The van der Waals surface area contributed by atoms with Crippen LogP contribution in [0.15, 0.2) is 54.6 Å². The molecule has 3 rings (SSSR count). The normalized spacial score (nSPS) is 17.0. The van der Waals surface area contributed by atoms with Gasteiger partial charge in [0, 0.05) is 18.2 Å². The Bertz CT molecular complexity index is 848. The summed E-state index contributed by atoms with van der Waals surface area (Å²) in [7, 11) is -3.19. The summed E-state index contributed by atoms with van der Waals surface area (Å²) in [5.74, 6) is 0.0511. The highest BCUT2D eigenvalue weighted by molar-refractivity contribution is 7.93. The van der Waals surface area contributed by atoms with Crippen LogP contribution in [-0.4, -0.2) is 32.7 Å². The van der Waals surface area contributed by atoms with E-state index in [2.05, 4.69) is 17.4 Å². The van der Waals surface area contributed by atoms with Crippen molar-refractivity contribution in [3.05, 3.63) is 65.7 Å². The Hall–Kier alpha value is -2.34. The number of rotatable bonds is 6. The molecular formula is C20H24N2O3S. The number of nitrogens with one attached hydrogen (secondary N) is 1. The summed E-state index contributed by atoms with van der Waals surface area (Å²) >= 11 is 0. The molecule has 1 aliphatic rings. The van der Waals surface area contributed by atoms with E-state index in [1.54, 1.807) is 24.3 Å². The zero-order chi connectivity index (χ0) is 18.6. The molecule has 1 saturated heterocycles. The Morgan fingerprint density at radius 1 is 1.12 bits per heavy atom. The highest BCUT2D eigenvalue weighted by Gasteiger charge is 2.28. The van der Waals surface area contributed by atoms with Crippen LogP contribution in [0.3, 0.4) is 0 Å². The third-order valence-electron chi connectivity index (χ3n) is 4.60. The number of hydrogen-bond acceptors (Lipinski definition) is 3. The van der Waals surface area contributed by atoms with Gasteiger partial charge in [0.05, 0.1) is 11.4 Å². The van der Waals surface area contributed by atoms with Crippen LogP contribution in [0, 0.1) is 0 Å². The van der Waals surface area contributed by atoms with Gasteiger partial charge in [-0.15, -0.1) is 0 Å². The molecule has 1 fully saturated rings. The van der Waals surface area contributed by atoms with Gasteiger partial charge >= 0.3 is 0 Å². The minimum Gasteiger partial charge on any atom is -0.350 e. The molecule has 1 aliphatic heterocycles. The summed E-state index contributed by atoms with van der Waals surface area (Å²) < 4.78 is 25.3. The fourth-order valence-electron chi connectivity index (χ4n) is 3.12. The van der Waals surface area contributed by atoms with Crippen LogP contribution in [0.2, 0.25) is 0 Å². The molecule has 0 spiro atoms. The molecule has 2 aromatic carbocycles. The summed E-state index contributed by atoms with van der Waals surface area (Å²) in [6.07, 6.45) is 2.41. The molecule has 26 heavy (non-hydrogen) atoms. The van der Waals surface area contributed by atoms with Crippen molar-refractivity contribution in [1.29, 1.82) is 0 Å². The van der Waals surface area contributed by atoms with Gasteiger partial charge in [-0.1, -0.05) is 30.3 Å². The number of aryl methyl sites for hydroxylation is 1. The molecule has 6 heteroatoms. The zero-order valence-corrected chi connectivity index (χ0v) is 15.7. The van der Waals surface area contributed by atoms with E-state index in [9.17, 15) is 13.2 Å². The van der Waals surface area contributed by atoms with Gasteiger partial charge in [-0.05, 0) is 56.0 Å². The first-order valence-electron chi connectivity index (χ1n) is 8.91. The van der Waals surface area contributed by atoms with Gasteiger partial charge < -0.3 is 5.32 Å². The highest BCUT2D eigenvalue weighted by atomic mass is 32.2. The molecule has 1 amide bonds. The largest absolute Gasteiger partial charge is 0.350 e. The summed E-state index contributed by atoms with van der Waals surface area (Å²) in [4.78, 5) is 12.4. The topological polar surface area (TPSA) is 66.5 Å². The second-order valence-electron chi connectivity index (χ2n) is 6.69. The Kier molecular flexibility index (Phi) is 5.61. The van der Waals surface area contributed by atoms with Crippen LogP contribution in [0.1, 0.15) is 35.7 Å². The van der Waals surface area contributed by atoms with Gasteiger partial charge in [-0.25, -0.2) is 8.42 Å². The third-order valence-corrected chi connectivity index (χ3v) is 6.47. The average Bonchev–Trinajstić information content (AvgIpc) is 3.00. The van der Waals surface area contributed by atoms with Crippen molar-refractivity contribution >= 4 is 21.6 Å². The van der Waals surface area contributed by atoms with Crippen molar-refractivity contribution < 1.29 is 13.2 Å². The Balaban J connectivity index is 1.56. The van der Waals surface area contributed by atoms with Gasteiger partial charge in [0.25, 0.3) is 5.91 Å². The second kappa shape index (κ2) is 7.91. The molecule has 0 aromatic heterocycles. The first-order valence-corrected chi connectivity index (χ1v) is 10.5. The molecule has 0 radical (unpaired) electrons. The Morgan fingerprint density at radius 2 is 1.81 bits per heavy atom. The summed E-state index contributed by atoms with van der Waals surface area (Å²) in [5, 5.41) is 3.00. The summed E-state index contributed by atoms with van der Waals surface area (Å²) in [6.45, 7) is 2.50. The van der Waals surface area contributed by atoms with Crippen molar-refractivity contribution in [3.63, 3.8) is 0 Å². The fraction of sp³-hybridized carbons (Fsp3) is 0.350. The molecule has 1 N–H and O–H groups in total. The summed E-state index contributed by atoms with van der Waals surface area (Å²) in [6, 6.07) is 17.0. The first kappa shape index (κ1) is 18.5. The number of carbonyl (C=O) groups is 1. The molecule has 1 heterocycles. The van der Waals surface area contributed by atoms with Crippen LogP contribution in [0.5, 0.6) is 0 Å². The Morgan fingerprint density at radius 3 is 2.42 bits per heavy atom. The zero-order valence-electron chi connectivity index (χ0n) is 14.9. The van der Waals surface area contributed by atoms with Crippen LogP contribution in [0.25, 0.3) is 0 Å². The maximum absolute atomic E-state index is 12.4. The van der Waals surface area contributed by atoms with Crippen molar-refractivity contribution in [2.45, 2.75) is 32.2 Å². The molecule has 1 unspecified atom stereocenters. The van der Waals surface area contributed by atoms with E-state index in [1.807, 2.05) is 25.1 Å². The van der Waals surface area contributed by atoms with E-state index in [-0.39, 0.29) is 17.7 Å². The van der Waals surface area contributed by atoms with Gasteiger partial charge in [0.2, 0.25) is 10.0 Å². The summed E-state index contributed by atoms with van der Waals surface area (Å²) in [5.41, 5.74) is 2.41. The van der Waals surface area contributed by atoms with Crippen LogP contribution >= 0.6 is 0 Å². The molecular weight excluding hydrogens is 348 g/mol. The monoisotopic (exact) mass is 372 g/mol. The lowest BCUT2D eigenvalue weighted by Gasteiger charge is -2.17. The van der Waals surface area contributed by atoms with E-state index < -0.39 is 10.0 Å². The van der Waals surface area contributed by atoms with Crippen molar-refractivity contribution in [2.24, 2.45) is 0 Å². The lowest BCUT2D eigenvalue weighted by Crippen LogP contribution is -2.33. The van der Waals surface area contributed by atoms with Crippen LogP contribution in [-0.2, 0) is 16.4 Å². The van der Waals surface area contributed by atoms with E-state index in [0.717, 1.165) is 12.8 Å². The molecule has 0 saturated carbocycles. The first-order chi connectivity index (χ1) is 12.5. The molecule has 5 nitrogen and oxygen atoms in total. The van der Waals surface area contributed by atoms with E-state index >= 15 is 0 Å². The van der Waals surface area contributed by atoms with Gasteiger partial charge in [-0.2, -0.15) is 0 Å². The molecule has 0 aliphatic carbocycles. The van der Waals surface area contributed by atoms with Crippen molar-refractivity contribution in [1.82, 2.24) is 5.32 Å². The van der Waals surface area contributed by atoms with Crippen LogP contribution in [0.4, 0.5) is 5.69 Å². The maximum Gasteiger partial charge on any atom is 0.251 e. The average molecular weight is 372 g/mol. The number of anilines is 1. The SMILES string of the molecule is CC(CCc1ccccc1)NC(=O)c1ccc(N2CCCS2(=O)=O)cc1. The minimum atomic E-state index is -3.19. The number of nitrogens with zero attached hydrogens (tertiary/aromatic N) is 1. The predicted octanol–water partition coefficient (Wildman–Crippen LogP) is 2.98. The van der Waals surface area contributed by atoms with E-state index in [0.29, 0.717) is 24.2 Å². The quantitative estimate of drug-likeness (QED) is 0.848. The fourth-order valence-corrected chi connectivity index (χ4v) is 4.68. The lowest BCUT2D eigenvalue weighted by molar-refractivity contribution is 0.0938.